The van der Waals surface area contributed by atoms with Crippen molar-refractivity contribution < 1.29 is 31.9 Å². The number of rotatable bonds is 8. The van der Waals surface area contributed by atoms with Crippen LogP contribution in [0.2, 0.25) is 0 Å². The third-order valence-corrected chi connectivity index (χ3v) is 3.18. The van der Waals surface area contributed by atoms with Gasteiger partial charge in [-0.1, -0.05) is 24.3 Å². The van der Waals surface area contributed by atoms with E-state index in [4.69, 9.17) is 9.15 Å². The average Bonchev–Trinajstić information content (AvgIpc) is 3.02. The number of alkyl halides is 3. The van der Waals surface area contributed by atoms with Crippen LogP contribution in [0.25, 0.3) is 0 Å². The van der Waals surface area contributed by atoms with E-state index in [9.17, 15) is 18.0 Å². The fourth-order valence-electron chi connectivity index (χ4n) is 2.03. The van der Waals surface area contributed by atoms with Gasteiger partial charge < -0.3 is 19.2 Å². The lowest BCUT2D eigenvalue weighted by Crippen LogP contribution is -2.22. The van der Waals surface area contributed by atoms with Crippen LogP contribution in [-0.4, -0.2) is 25.8 Å². The van der Waals surface area contributed by atoms with Gasteiger partial charge in [-0.2, -0.15) is 13.2 Å². The Morgan fingerprint density at radius 2 is 1.76 bits per heavy atom. The van der Waals surface area contributed by atoms with Crippen molar-refractivity contribution >= 4 is 5.91 Å². The summed E-state index contributed by atoms with van der Waals surface area (Å²) in [6, 6.07) is 9.96. The van der Waals surface area contributed by atoms with E-state index >= 15 is 0 Å². The largest absolute Gasteiger partial charge is 0.453 e. The van der Waals surface area contributed by atoms with Crippen molar-refractivity contribution in [3.63, 3.8) is 0 Å². The molecule has 5 nitrogen and oxygen atoms in total. The molecule has 0 aliphatic carbocycles. The van der Waals surface area contributed by atoms with Gasteiger partial charge in [0, 0.05) is 13.7 Å². The van der Waals surface area contributed by atoms with Gasteiger partial charge in [0.05, 0.1) is 6.61 Å². The van der Waals surface area contributed by atoms with Crippen LogP contribution in [-0.2, 0) is 29.2 Å². The zero-order valence-corrected chi connectivity index (χ0v) is 13.6. The summed E-state index contributed by atoms with van der Waals surface area (Å²) in [5.41, 5.74) is 1.42. The Balaban J connectivity index is 1.79. The number of halogens is 3. The maximum atomic E-state index is 12.0. The molecule has 0 unspecified atom stereocenters. The molecule has 0 spiro atoms. The lowest BCUT2D eigenvalue weighted by Gasteiger charge is -2.08. The Kier molecular flexibility index (Phi) is 6.60. The molecule has 0 saturated heterocycles. The van der Waals surface area contributed by atoms with E-state index < -0.39 is 12.8 Å². The summed E-state index contributed by atoms with van der Waals surface area (Å²) in [6.45, 7) is -0.853. The number of carbonyl (C=O) groups excluding carboxylic acids is 1. The number of benzene rings is 1. The molecule has 0 aliphatic heterocycles. The van der Waals surface area contributed by atoms with E-state index in [1.165, 1.54) is 7.11 Å². The fourth-order valence-corrected chi connectivity index (χ4v) is 2.03. The van der Waals surface area contributed by atoms with Crippen molar-refractivity contribution in [1.29, 1.82) is 0 Å². The maximum Gasteiger partial charge on any atom is 0.411 e. The summed E-state index contributed by atoms with van der Waals surface area (Å²) in [4.78, 5) is 12.0. The van der Waals surface area contributed by atoms with Crippen molar-refractivity contribution in [3.05, 3.63) is 59.0 Å². The molecule has 1 N–H and O–H groups in total. The lowest BCUT2D eigenvalue weighted by atomic mass is 10.1. The fraction of sp³-hybridized carbons (Fsp3) is 0.353. The minimum absolute atomic E-state index is 0.124. The molecule has 0 saturated carbocycles. The van der Waals surface area contributed by atoms with Gasteiger partial charge in [0.15, 0.2) is 5.76 Å². The number of hydrogen-bond acceptors (Lipinski definition) is 4. The van der Waals surface area contributed by atoms with Crippen LogP contribution in [0.15, 0.2) is 40.8 Å². The van der Waals surface area contributed by atoms with Crippen molar-refractivity contribution in [2.45, 2.75) is 25.9 Å². The summed E-state index contributed by atoms with van der Waals surface area (Å²) in [6.07, 6.45) is -4.33. The Labute approximate surface area is 142 Å². The Bertz CT molecular complexity index is 680. The van der Waals surface area contributed by atoms with Gasteiger partial charge in [0.2, 0.25) is 0 Å². The molecule has 1 heterocycles. The molecule has 0 aliphatic rings. The van der Waals surface area contributed by atoms with Crippen molar-refractivity contribution in [1.82, 2.24) is 5.32 Å². The molecule has 0 fully saturated rings. The van der Waals surface area contributed by atoms with Crippen molar-refractivity contribution in [2.24, 2.45) is 0 Å². The predicted octanol–water partition coefficient (Wildman–Crippen LogP) is 3.43. The van der Waals surface area contributed by atoms with Gasteiger partial charge in [0.1, 0.15) is 19.0 Å². The number of carbonyl (C=O) groups is 1. The Hall–Kier alpha value is -2.32. The van der Waals surface area contributed by atoms with Crippen LogP contribution in [0.1, 0.15) is 27.4 Å². The zero-order valence-electron chi connectivity index (χ0n) is 13.6. The Morgan fingerprint density at radius 1 is 1.08 bits per heavy atom. The molecular weight excluding hydrogens is 339 g/mol. The van der Waals surface area contributed by atoms with Gasteiger partial charge in [0.25, 0.3) is 5.91 Å². The highest BCUT2D eigenvalue weighted by Gasteiger charge is 2.27. The van der Waals surface area contributed by atoms with Crippen LogP contribution in [0.4, 0.5) is 13.2 Å². The first-order chi connectivity index (χ1) is 11.9. The van der Waals surface area contributed by atoms with Gasteiger partial charge >= 0.3 is 6.18 Å². The minimum atomic E-state index is -4.33. The average molecular weight is 357 g/mol. The third kappa shape index (κ3) is 6.60. The van der Waals surface area contributed by atoms with Gasteiger partial charge in [-0.3, -0.25) is 4.79 Å². The first kappa shape index (κ1) is 19.0. The van der Waals surface area contributed by atoms with Crippen LogP contribution >= 0.6 is 0 Å². The predicted molar refractivity (Wildman–Crippen MR) is 82.7 cm³/mol. The molecule has 25 heavy (non-hydrogen) atoms. The van der Waals surface area contributed by atoms with Crippen LogP contribution in [0, 0.1) is 0 Å². The molecule has 0 radical (unpaired) electrons. The molecule has 2 rings (SSSR count). The summed E-state index contributed by atoms with van der Waals surface area (Å²) >= 11 is 0. The second kappa shape index (κ2) is 8.68. The molecule has 136 valence electrons. The van der Waals surface area contributed by atoms with Gasteiger partial charge in [-0.05, 0) is 23.3 Å². The summed E-state index contributed by atoms with van der Waals surface area (Å²) in [7, 11) is 1.53. The van der Waals surface area contributed by atoms with Gasteiger partial charge in [-0.25, -0.2) is 0 Å². The molecular formula is C17H18F3NO4. The van der Waals surface area contributed by atoms with Crippen molar-refractivity contribution in [3.8, 4) is 0 Å². The number of furan rings is 1. The number of amides is 1. The van der Waals surface area contributed by atoms with E-state index in [2.05, 4.69) is 10.1 Å². The molecule has 8 heteroatoms. The molecule has 0 bridgehead atoms. The highest BCUT2D eigenvalue weighted by Crippen LogP contribution is 2.16. The first-order valence-corrected chi connectivity index (χ1v) is 7.45. The smallest absolute Gasteiger partial charge is 0.411 e. The summed E-state index contributed by atoms with van der Waals surface area (Å²) in [5, 5.41) is 2.70. The minimum Gasteiger partial charge on any atom is -0.453 e. The van der Waals surface area contributed by atoms with Crippen LogP contribution < -0.4 is 5.32 Å². The van der Waals surface area contributed by atoms with Crippen molar-refractivity contribution in [2.75, 3.05) is 13.7 Å². The Morgan fingerprint density at radius 3 is 2.40 bits per heavy atom. The molecule has 1 amide bonds. The number of hydrogen-bond donors (Lipinski definition) is 1. The third-order valence-electron chi connectivity index (χ3n) is 3.18. The van der Waals surface area contributed by atoms with Gasteiger partial charge in [-0.15, -0.1) is 0 Å². The molecule has 2 aromatic rings. The second-order valence-corrected chi connectivity index (χ2v) is 5.31. The summed E-state index contributed by atoms with van der Waals surface area (Å²) < 4.78 is 50.8. The highest BCUT2D eigenvalue weighted by molar-refractivity contribution is 5.91. The van der Waals surface area contributed by atoms with E-state index in [0.29, 0.717) is 11.3 Å². The lowest BCUT2D eigenvalue weighted by molar-refractivity contribution is -0.176. The molecule has 0 atom stereocenters. The maximum absolute atomic E-state index is 12.0. The topological polar surface area (TPSA) is 60.7 Å². The van der Waals surface area contributed by atoms with E-state index in [1.807, 2.05) is 0 Å². The quantitative estimate of drug-likeness (QED) is 0.786. The number of methoxy groups -OCH3 is 1. The SMILES string of the molecule is COCc1ccc(C(=O)NCc2ccc(COCC(F)(F)F)cc2)o1. The summed E-state index contributed by atoms with van der Waals surface area (Å²) in [5.74, 6) is 0.375. The van der Waals surface area contributed by atoms with E-state index in [1.54, 1.807) is 36.4 Å². The molecule has 1 aromatic carbocycles. The number of ether oxygens (including phenoxy) is 2. The monoisotopic (exact) mass is 357 g/mol. The standard InChI is InChI=1S/C17H18F3NO4/c1-23-10-14-6-7-15(25-14)16(22)21-8-12-2-4-13(5-3-12)9-24-11-17(18,19)20/h2-7H,8-11H2,1H3,(H,21,22). The van der Waals surface area contributed by atoms with Crippen LogP contribution in [0.3, 0.4) is 0 Å². The van der Waals surface area contributed by atoms with Crippen LogP contribution in [0.5, 0.6) is 0 Å². The first-order valence-electron chi connectivity index (χ1n) is 7.45. The zero-order chi connectivity index (χ0) is 18.3. The highest BCUT2D eigenvalue weighted by atomic mass is 19.4. The normalized spacial score (nSPS) is 11.5. The van der Waals surface area contributed by atoms with E-state index in [-0.39, 0.29) is 31.4 Å². The molecule has 1 aromatic heterocycles. The number of nitrogens with one attached hydrogen (secondary N) is 1. The van der Waals surface area contributed by atoms with E-state index in [0.717, 1.165) is 5.56 Å². The second-order valence-electron chi connectivity index (χ2n) is 5.31.